The number of ether oxygens (including phenoxy) is 1. The van der Waals surface area contributed by atoms with Crippen molar-refractivity contribution in [3.63, 3.8) is 0 Å². The Balaban J connectivity index is 1.68. The van der Waals surface area contributed by atoms with Crippen LogP contribution in [0.15, 0.2) is 79.2 Å². The molecule has 0 atom stereocenters. The van der Waals surface area contributed by atoms with E-state index in [9.17, 15) is 0 Å². The van der Waals surface area contributed by atoms with Crippen molar-refractivity contribution in [2.45, 2.75) is 19.5 Å². The van der Waals surface area contributed by atoms with Crippen LogP contribution in [0.1, 0.15) is 23.2 Å². The molecule has 0 amide bonds. The highest BCUT2D eigenvalue weighted by Gasteiger charge is 2.11. The van der Waals surface area contributed by atoms with Crippen molar-refractivity contribution in [3.8, 4) is 5.75 Å². The smallest absolute Gasteiger partial charge is 0.121 e. The minimum atomic E-state index is 0.738. The van der Waals surface area contributed by atoms with Crippen molar-refractivity contribution in [1.29, 1.82) is 0 Å². The zero-order valence-corrected chi connectivity index (χ0v) is 15.9. The number of hydrogen-bond acceptors (Lipinski definition) is 4. The predicted molar refractivity (Wildman–Crippen MR) is 114 cm³/mol. The molecule has 3 aromatic rings. The molecule has 0 saturated carbocycles. The van der Waals surface area contributed by atoms with Gasteiger partial charge in [0, 0.05) is 42.5 Å². The Morgan fingerprint density at radius 1 is 1.04 bits per heavy atom. The van der Waals surface area contributed by atoms with Gasteiger partial charge in [-0.15, -0.1) is 0 Å². The van der Waals surface area contributed by atoms with Gasteiger partial charge in [-0.2, -0.15) is 0 Å². The van der Waals surface area contributed by atoms with E-state index in [1.165, 1.54) is 11.1 Å². The van der Waals surface area contributed by atoms with E-state index in [2.05, 4.69) is 52.8 Å². The summed E-state index contributed by atoms with van der Waals surface area (Å²) in [6.07, 6.45) is 15.3. The first-order chi connectivity index (χ1) is 13.8. The molecule has 1 aliphatic carbocycles. The Kier molecular flexibility index (Phi) is 5.59. The van der Waals surface area contributed by atoms with Gasteiger partial charge in [0.05, 0.1) is 18.3 Å². The number of methoxy groups -OCH3 is 1. The lowest BCUT2D eigenvalue weighted by Gasteiger charge is -2.13. The number of aromatic nitrogens is 2. The van der Waals surface area contributed by atoms with Crippen molar-refractivity contribution in [1.82, 2.24) is 15.3 Å². The fraction of sp³-hybridized carbons (Fsp3) is 0.167. The van der Waals surface area contributed by atoms with E-state index < -0.39 is 0 Å². The van der Waals surface area contributed by atoms with Crippen LogP contribution in [0.2, 0.25) is 0 Å². The highest BCUT2D eigenvalue weighted by Crippen LogP contribution is 2.27. The zero-order valence-electron chi connectivity index (χ0n) is 15.9. The van der Waals surface area contributed by atoms with Gasteiger partial charge in [0.15, 0.2) is 0 Å². The van der Waals surface area contributed by atoms with Crippen molar-refractivity contribution in [3.05, 3.63) is 96.0 Å². The molecule has 140 valence electrons. The average Bonchev–Trinajstić information content (AvgIpc) is 3.03. The first-order valence-electron chi connectivity index (χ1n) is 9.44. The molecule has 0 bridgehead atoms. The summed E-state index contributed by atoms with van der Waals surface area (Å²) in [4.78, 5) is 9.07. The molecule has 1 N–H and O–H groups in total. The maximum atomic E-state index is 5.37. The molecule has 28 heavy (non-hydrogen) atoms. The van der Waals surface area contributed by atoms with E-state index in [1.807, 2.05) is 36.7 Å². The maximum absolute atomic E-state index is 5.37. The second-order valence-corrected chi connectivity index (χ2v) is 6.70. The average molecular weight is 369 g/mol. The van der Waals surface area contributed by atoms with Crippen LogP contribution in [0.4, 0.5) is 0 Å². The number of rotatable bonds is 6. The lowest BCUT2D eigenvalue weighted by atomic mass is 10.0. The van der Waals surface area contributed by atoms with Crippen molar-refractivity contribution >= 4 is 16.5 Å². The highest BCUT2D eigenvalue weighted by molar-refractivity contribution is 5.85. The molecule has 4 rings (SSSR count). The molecule has 0 unspecified atom stereocenters. The molecule has 0 saturated heterocycles. The molecule has 0 radical (unpaired) electrons. The Hall–Kier alpha value is -3.24. The Morgan fingerprint density at radius 2 is 1.93 bits per heavy atom. The van der Waals surface area contributed by atoms with Gasteiger partial charge in [0.25, 0.3) is 0 Å². The van der Waals surface area contributed by atoms with E-state index in [0.29, 0.717) is 0 Å². The molecule has 0 spiro atoms. The first-order valence-corrected chi connectivity index (χ1v) is 9.44. The van der Waals surface area contributed by atoms with Crippen LogP contribution in [0, 0.1) is 0 Å². The number of allylic oxidation sites excluding steroid dienone is 6. The largest absolute Gasteiger partial charge is 0.497 e. The monoisotopic (exact) mass is 369 g/mol. The second-order valence-electron chi connectivity index (χ2n) is 6.70. The third-order valence-corrected chi connectivity index (χ3v) is 4.75. The van der Waals surface area contributed by atoms with Gasteiger partial charge in [0.2, 0.25) is 0 Å². The molecule has 4 heteroatoms. The molecule has 2 heterocycles. The number of pyridine rings is 2. The molecule has 0 aliphatic heterocycles. The van der Waals surface area contributed by atoms with E-state index in [-0.39, 0.29) is 0 Å². The van der Waals surface area contributed by atoms with E-state index in [0.717, 1.165) is 47.4 Å². The molecular weight excluding hydrogens is 346 g/mol. The van der Waals surface area contributed by atoms with Gasteiger partial charge in [0.1, 0.15) is 5.75 Å². The minimum absolute atomic E-state index is 0.738. The van der Waals surface area contributed by atoms with Gasteiger partial charge in [-0.1, -0.05) is 30.4 Å². The highest BCUT2D eigenvalue weighted by atomic mass is 16.5. The van der Waals surface area contributed by atoms with Crippen LogP contribution in [-0.4, -0.2) is 17.1 Å². The quantitative estimate of drug-likeness (QED) is 0.676. The SMILES string of the molecule is COc1ccc2cc(CNCc3ccncc3)c(C3=CC=CCC=C3)nc2c1. The number of benzene rings is 1. The summed E-state index contributed by atoms with van der Waals surface area (Å²) >= 11 is 0. The summed E-state index contributed by atoms with van der Waals surface area (Å²) in [6.45, 7) is 1.53. The molecular formula is C24H23N3O. The second kappa shape index (κ2) is 8.63. The number of fused-ring (bicyclic) bond motifs is 1. The minimum Gasteiger partial charge on any atom is -0.497 e. The van der Waals surface area contributed by atoms with E-state index in [4.69, 9.17) is 9.72 Å². The lowest BCUT2D eigenvalue weighted by Crippen LogP contribution is -2.14. The Labute approximate surface area is 165 Å². The van der Waals surface area contributed by atoms with Gasteiger partial charge >= 0.3 is 0 Å². The maximum Gasteiger partial charge on any atom is 0.121 e. The van der Waals surface area contributed by atoms with Gasteiger partial charge in [-0.05, 0) is 47.9 Å². The molecule has 0 fully saturated rings. The summed E-state index contributed by atoms with van der Waals surface area (Å²) in [6, 6.07) is 12.3. The fourth-order valence-corrected chi connectivity index (χ4v) is 3.28. The fourth-order valence-electron chi connectivity index (χ4n) is 3.28. The molecule has 4 nitrogen and oxygen atoms in total. The van der Waals surface area contributed by atoms with Gasteiger partial charge in [-0.3, -0.25) is 4.98 Å². The van der Waals surface area contributed by atoms with Crippen molar-refractivity contribution in [2.24, 2.45) is 0 Å². The van der Waals surface area contributed by atoms with Crippen LogP contribution in [-0.2, 0) is 13.1 Å². The van der Waals surface area contributed by atoms with Crippen LogP contribution in [0.3, 0.4) is 0 Å². The van der Waals surface area contributed by atoms with Crippen molar-refractivity contribution in [2.75, 3.05) is 7.11 Å². The summed E-state index contributed by atoms with van der Waals surface area (Å²) in [5.41, 5.74) is 5.46. The standard InChI is InChI=1S/C24H23N3O/c1-28-22-9-8-20-14-21(17-26-16-18-10-12-25-13-11-18)24(27-23(20)15-22)19-6-4-2-3-5-7-19/h2,4-15,26H,3,16-17H2,1H3. The third kappa shape index (κ3) is 4.18. The molecule has 2 aromatic heterocycles. The first kappa shape index (κ1) is 18.1. The number of nitrogens with zero attached hydrogens (tertiary/aromatic N) is 2. The van der Waals surface area contributed by atoms with Gasteiger partial charge in [-0.25, -0.2) is 4.98 Å². The number of nitrogens with one attached hydrogen (secondary N) is 1. The summed E-state index contributed by atoms with van der Waals surface area (Å²) in [5.74, 6) is 0.819. The van der Waals surface area contributed by atoms with Gasteiger partial charge < -0.3 is 10.1 Å². The summed E-state index contributed by atoms with van der Waals surface area (Å²) < 4.78 is 5.37. The Bertz CT molecular complexity index is 1050. The zero-order chi connectivity index (χ0) is 19.2. The molecule has 1 aliphatic rings. The Morgan fingerprint density at radius 3 is 2.79 bits per heavy atom. The third-order valence-electron chi connectivity index (χ3n) is 4.75. The van der Waals surface area contributed by atoms with Crippen LogP contribution >= 0.6 is 0 Å². The summed E-state index contributed by atoms with van der Waals surface area (Å²) in [5, 5.41) is 4.65. The molecule has 1 aromatic carbocycles. The topological polar surface area (TPSA) is 47.0 Å². The lowest BCUT2D eigenvalue weighted by molar-refractivity contribution is 0.415. The van der Waals surface area contributed by atoms with Crippen LogP contribution < -0.4 is 10.1 Å². The van der Waals surface area contributed by atoms with Crippen molar-refractivity contribution < 1.29 is 4.74 Å². The normalized spacial score (nSPS) is 13.4. The van der Waals surface area contributed by atoms with E-state index in [1.54, 1.807) is 7.11 Å². The summed E-state index contributed by atoms with van der Waals surface area (Å²) in [7, 11) is 1.68. The predicted octanol–water partition coefficient (Wildman–Crippen LogP) is 4.83. The number of hydrogen-bond donors (Lipinski definition) is 1. The van der Waals surface area contributed by atoms with E-state index >= 15 is 0 Å². The van der Waals surface area contributed by atoms with Crippen LogP contribution in [0.5, 0.6) is 5.75 Å². The van der Waals surface area contributed by atoms with Crippen LogP contribution in [0.25, 0.3) is 16.5 Å².